The first kappa shape index (κ1) is 45.4. The minimum Gasteiger partial charge on any atom is -0.388 e. The standard InChI is InChI=1S/C42H56N6O10/c43-19-18-27-12-14-29(15-13-27)23-33(50)32(10-7-20-45-42(44)57)47-41(56)30(22-28-8-3-1-4-9-28)24-31(49)25-34-39(54)40(55)35(58-34)26-46-36(51)11-5-2-6-21-48-37(52)16-17-38(48)53/h1,3-4,8-9,12-17,30,32,34-35,39-40,54-55H,2,5-7,10-11,18-26,43H2,(H,46,51)(H,47,56)(H3,44,45,57)/t30-,32?,34-,35+,39?,40?/m0/s1. The number of Topliss-reactive ketones (excluding diaryl/α,β-unsaturated/α-hetero) is 2. The van der Waals surface area contributed by atoms with Crippen molar-refractivity contribution in [2.24, 2.45) is 17.4 Å². The van der Waals surface area contributed by atoms with E-state index in [0.717, 1.165) is 21.6 Å². The van der Waals surface area contributed by atoms with Gasteiger partial charge in [0.05, 0.1) is 12.1 Å². The molecular weight excluding hydrogens is 748 g/mol. The van der Waals surface area contributed by atoms with Gasteiger partial charge < -0.3 is 42.4 Å². The SMILES string of the molecule is NCCc1ccc(CC(=O)C(CCCNC(N)=O)NC(=O)[C@H](CC(=O)C[C@@H]2O[C@H](CNC(=O)CCCCCN3C(=O)C=CC3=O)C(O)C2O)Cc2ccccc2)cc1. The molecule has 6 atom stereocenters. The maximum Gasteiger partial charge on any atom is 0.312 e. The summed E-state index contributed by atoms with van der Waals surface area (Å²) in [5, 5.41) is 29.5. The van der Waals surface area contributed by atoms with Crippen LogP contribution in [0.1, 0.15) is 68.1 Å². The number of amides is 6. The van der Waals surface area contributed by atoms with Crippen LogP contribution in [0.3, 0.4) is 0 Å². The van der Waals surface area contributed by atoms with E-state index in [9.17, 15) is 43.8 Å². The van der Waals surface area contributed by atoms with Crippen LogP contribution in [0.15, 0.2) is 66.7 Å². The fourth-order valence-corrected chi connectivity index (χ4v) is 7.02. The molecule has 2 aromatic carbocycles. The van der Waals surface area contributed by atoms with Crippen LogP contribution >= 0.6 is 0 Å². The van der Waals surface area contributed by atoms with Crippen molar-refractivity contribution in [3.8, 4) is 0 Å². The highest BCUT2D eigenvalue weighted by Gasteiger charge is 2.43. The van der Waals surface area contributed by atoms with Crippen molar-refractivity contribution in [2.45, 2.75) is 101 Å². The summed E-state index contributed by atoms with van der Waals surface area (Å²) in [5.74, 6) is -3.07. The molecule has 0 bridgehead atoms. The summed E-state index contributed by atoms with van der Waals surface area (Å²) in [6.07, 6.45) is 0.349. The van der Waals surface area contributed by atoms with Crippen molar-refractivity contribution >= 4 is 41.2 Å². The molecule has 58 heavy (non-hydrogen) atoms. The highest BCUT2D eigenvalue weighted by Crippen LogP contribution is 2.26. The number of hydrogen-bond donors (Lipinski definition) is 7. The number of urea groups is 1. The third kappa shape index (κ3) is 14.6. The van der Waals surface area contributed by atoms with Crippen molar-refractivity contribution in [2.75, 3.05) is 26.2 Å². The van der Waals surface area contributed by atoms with Gasteiger partial charge in [-0.05, 0) is 61.8 Å². The van der Waals surface area contributed by atoms with Crippen molar-refractivity contribution in [1.29, 1.82) is 0 Å². The number of benzene rings is 2. The monoisotopic (exact) mass is 804 g/mol. The maximum atomic E-state index is 14.0. The molecule has 6 amide bonds. The first-order chi connectivity index (χ1) is 27.8. The molecule has 3 unspecified atom stereocenters. The van der Waals surface area contributed by atoms with E-state index in [2.05, 4.69) is 16.0 Å². The molecule has 0 aromatic heterocycles. The van der Waals surface area contributed by atoms with Crippen LogP contribution in [-0.4, -0.2) is 113 Å². The van der Waals surface area contributed by atoms with E-state index in [-0.39, 0.29) is 81.7 Å². The second-order valence-electron chi connectivity index (χ2n) is 14.8. The molecule has 2 aliphatic rings. The smallest absolute Gasteiger partial charge is 0.312 e. The van der Waals surface area contributed by atoms with E-state index in [0.29, 0.717) is 38.6 Å². The zero-order valence-corrected chi connectivity index (χ0v) is 32.7. The molecule has 0 aliphatic carbocycles. The Kier molecular flexibility index (Phi) is 18.2. The minimum atomic E-state index is -1.42. The summed E-state index contributed by atoms with van der Waals surface area (Å²) in [4.78, 5) is 89.3. The third-order valence-electron chi connectivity index (χ3n) is 10.3. The normalized spacial score (nSPS) is 19.8. The predicted octanol–water partition coefficient (Wildman–Crippen LogP) is 0.532. The van der Waals surface area contributed by atoms with Crippen molar-refractivity contribution in [3.05, 3.63) is 83.4 Å². The molecule has 9 N–H and O–H groups in total. The molecule has 0 radical (unpaired) electrons. The fourth-order valence-electron chi connectivity index (χ4n) is 7.02. The number of primary amides is 1. The lowest BCUT2D eigenvalue weighted by Gasteiger charge is -2.23. The lowest BCUT2D eigenvalue weighted by Crippen LogP contribution is -2.45. The van der Waals surface area contributed by atoms with E-state index < -0.39 is 54.1 Å². The zero-order valence-electron chi connectivity index (χ0n) is 32.7. The number of carbonyl (C=O) groups excluding carboxylic acids is 7. The van der Waals surface area contributed by atoms with Crippen molar-refractivity contribution < 1.29 is 48.5 Å². The van der Waals surface area contributed by atoms with Crippen molar-refractivity contribution in [1.82, 2.24) is 20.9 Å². The molecule has 0 saturated carbocycles. The molecule has 1 saturated heterocycles. The molecule has 2 heterocycles. The predicted molar refractivity (Wildman–Crippen MR) is 213 cm³/mol. The van der Waals surface area contributed by atoms with E-state index >= 15 is 0 Å². The summed E-state index contributed by atoms with van der Waals surface area (Å²) in [6.45, 7) is 0.854. The second kappa shape index (κ2) is 23.2. The number of ether oxygens (including phenoxy) is 1. The lowest BCUT2D eigenvalue weighted by atomic mass is 9.90. The fraction of sp³-hybridized carbons (Fsp3) is 0.500. The van der Waals surface area contributed by atoms with Gasteiger partial charge in [0.1, 0.15) is 24.1 Å². The Balaban J connectivity index is 1.32. The Labute approximate surface area is 338 Å². The van der Waals surface area contributed by atoms with E-state index in [4.69, 9.17) is 16.2 Å². The van der Waals surface area contributed by atoms with E-state index in [1.807, 2.05) is 54.6 Å². The summed E-state index contributed by atoms with van der Waals surface area (Å²) >= 11 is 0. The van der Waals surface area contributed by atoms with Crippen LogP contribution in [-0.2, 0) is 52.8 Å². The highest BCUT2D eigenvalue weighted by atomic mass is 16.5. The van der Waals surface area contributed by atoms with Crippen LogP contribution in [0, 0.1) is 5.92 Å². The van der Waals surface area contributed by atoms with E-state index in [1.165, 1.54) is 12.2 Å². The molecule has 1 fully saturated rings. The average Bonchev–Trinajstić information content (AvgIpc) is 3.66. The summed E-state index contributed by atoms with van der Waals surface area (Å²) in [5.41, 5.74) is 13.4. The largest absolute Gasteiger partial charge is 0.388 e. The van der Waals surface area contributed by atoms with Crippen LogP contribution < -0.4 is 27.4 Å². The van der Waals surface area contributed by atoms with Crippen LogP contribution in [0.4, 0.5) is 4.79 Å². The molecular formula is C42H56N6O10. The maximum absolute atomic E-state index is 14.0. The minimum absolute atomic E-state index is 0.0452. The Hall–Kier alpha value is -5.29. The number of imide groups is 1. The molecule has 16 heteroatoms. The van der Waals surface area contributed by atoms with Gasteiger partial charge in [-0.1, -0.05) is 61.0 Å². The number of nitrogens with one attached hydrogen (secondary N) is 3. The number of nitrogens with zero attached hydrogens (tertiary/aromatic N) is 1. The number of hydrogen-bond acceptors (Lipinski definition) is 11. The average molecular weight is 805 g/mol. The number of nitrogens with two attached hydrogens (primary N) is 2. The third-order valence-corrected chi connectivity index (χ3v) is 10.3. The molecule has 2 aliphatic heterocycles. The lowest BCUT2D eigenvalue weighted by molar-refractivity contribution is -0.137. The number of aliphatic hydroxyl groups is 2. The summed E-state index contributed by atoms with van der Waals surface area (Å²) < 4.78 is 5.83. The topological polar surface area (TPSA) is 261 Å². The van der Waals surface area contributed by atoms with Crippen LogP contribution in [0.5, 0.6) is 0 Å². The Morgan fingerprint density at radius 2 is 1.48 bits per heavy atom. The Morgan fingerprint density at radius 1 is 0.810 bits per heavy atom. The van der Waals surface area contributed by atoms with Crippen molar-refractivity contribution in [3.63, 3.8) is 0 Å². The molecule has 16 nitrogen and oxygen atoms in total. The van der Waals surface area contributed by atoms with E-state index in [1.54, 1.807) is 0 Å². The Bertz CT molecular complexity index is 1740. The number of aliphatic hydroxyl groups excluding tert-OH is 2. The number of carbonyl (C=O) groups is 7. The summed E-state index contributed by atoms with van der Waals surface area (Å²) in [6, 6.07) is 15.0. The number of unbranched alkanes of at least 4 members (excludes halogenated alkanes) is 2. The van der Waals surface area contributed by atoms with Crippen LogP contribution in [0.25, 0.3) is 0 Å². The molecule has 0 spiro atoms. The van der Waals surface area contributed by atoms with Gasteiger partial charge in [-0.15, -0.1) is 0 Å². The van der Waals surface area contributed by atoms with Gasteiger partial charge >= 0.3 is 6.03 Å². The first-order valence-corrected chi connectivity index (χ1v) is 19.9. The zero-order chi connectivity index (χ0) is 42.0. The van der Waals surface area contributed by atoms with Gasteiger partial charge in [0.15, 0.2) is 5.78 Å². The molecule has 314 valence electrons. The molecule has 4 rings (SSSR count). The van der Waals surface area contributed by atoms with Gasteiger partial charge in [0, 0.05) is 63.4 Å². The molecule has 2 aromatic rings. The number of rotatable bonds is 25. The Morgan fingerprint density at radius 3 is 2.16 bits per heavy atom. The van der Waals surface area contributed by atoms with Gasteiger partial charge in [-0.2, -0.15) is 0 Å². The highest BCUT2D eigenvalue weighted by molar-refractivity contribution is 6.12. The van der Waals surface area contributed by atoms with Crippen LogP contribution in [0.2, 0.25) is 0 Å². The van der Waals surface area contributed by atoms with Gasteiger partial charge in [0.25, 0.3) is 11.8 Å². The quantitative estimate of drug-likeness (QED) is 0.0538. The second-order valence-corrected chi connectivity index (χ2v) is 14.8. The van der Waals surface area contributed by atoms with Gasteiger partial charge in [0.2, 0.25) is 11.8 Å². The van der Waals surface area contributed by atoms with Gasteiger partial charge in [-0.3, -0.25) is 33.7 Å². The number of ketones is 2. The van der Waals surface area contributed by atoms with Gasteiger partial charge in [-0.25, -0.2) is 4.79 Å². The summed E-state index contributed by atoms with van der Waals surface area (Å²) in [7, 11) is 0. The first-order valence-electron chi connectivity index (χ1n) is 19.9.